The predicted molar refractivity (Wildman–Crippen MR) is 153 cm³/mol. The minimum Gasteiger partial charge on any atom is -0.496 e. The minimum atomic E-state index is -4.46. The van der Waals surface area contributed by atoms with Crippen molar-refractivity contribution in [1.29, 1.82) is 0 Å². The second kappa shape index (κ2) is 12.3. The number of carbonyl (C=O) groups is 1. The third kappa shape index (κ3) is 6.86. The average Bonchev–Trinajstić information content (AvgIpc) is 3.44. The van der Waals surface area contributed by atoms with E-state index in [1.54, 1.807) is 37.3 Å². The van der Waals surface area contributed by atoms with Crippen molar-refractivity contribution >= 4 is 17.5 Å². The molecule has 0 saturated heterocycles. The fourth-order valence-corrected chi connectivity index (χ4v) is 4.73. The molecule has 0 aliphatic rings. The molecule has 4 aromatic carbocycles. The molecule has 5 rings (SSSR count). The van der Waals surface area contributed by atoms with Gasteiger partial charge in [0.05, 0.1) is 23.3 Å². The van der Waals surface area contributed by atoms with Crippen LogP contribution in [0.2, 0.25) is 5.02 Å². The molecule has 1 heterocycles. The quantitative estimate of drug-likeness (QED) is 0.179. The average molecular weight is 610 g/mol. The summed E-state index contributed by atoms with van der Waals surface area (Å²) >= 11 is 5.93. The van der Waals surface area contributed by atoms with E-state index in [1.165, 1.54) is 25.3 Å². The fourth-order valence-electron chi connectivity index (χ4n) is 4.55. The molecule has 0 radical (unpaired) electrons. The molecule has 0 saturated carbocycles. The summed E-state index contributed by atoms with van der Waals surface area (Å²) in [5.74, 6) is -0.158. The Balaban J connectivity index is 1.40. The first kappa shape index (κ1) is 29.8. The van der Waals surface area contributed by atoms with Crippen molar-refractivity contribution in [1.82, 2.24) is 15.5 Å². The lowest BCUT2D eigenvalue weighted by atomic mass is 9.99. The highest BCUT2D eigenvalue weighted by Gasteiger charge is 2.30. The SMILES string of the molecule is COc1ccc(-c2ccc(C(F)(F)F)cc2)cc1C(=O)NC(Cc1ccc(-c2ccc(F)c(Cl)c2)cc1)c1nc(C)no1. The third-order valence-corrected chi connectivity index (χ3v) is 7.07. The number of halogens is 5. The molecule has 6 nitrogen and oxygen atoms in total. The number of benzene rings is 4. The van der Waals surface area contributed by atoms with Gasteiger partial charge in [0.15, 0.2) is 5.82 Å². The maximum atomic E-state index is 13.6. The molecule has 0 spiro atoms. The van der Waals surface area contributed by atoms with Crippen molar-refractivity contribution < 1.29 is 31.6 Å². The van der Waals surface area contributed by atoms with Crippen molar-refractivity contribution in [3.05, 3.63) is 124 Å². The number of methoxy groups -OCH3 is 1. The number of rotatable bonds is 8. The number of aromatic nitrogens is 2. The van der Waals surface area contributed by atoms with Crippen LogP contribution in [0, 0.1) is 12.7 Å². The van der Waals surface area contributed by atoms with Gasteiger partial charge >= 0.3 is 6.18 Å². The van der Waals surface area contributed by atoms with Crippen molar-refractivity contribution in [2.75, 3.05) is 7.11 Å². The normalized spacial score (nSPS) is 12.2. The largest absolute Gasteiger partial charge is 0.496 e. The molecule has 0 aliphatic carbocycles. The highest BCUT2D eigenvalue weighted by molar-refractivity contribution is 6.31. The van der Waals surface area contributed by atoms with Gasteiger partial charge in [-0.15, -0.1) is 0 Å². The first-order chi connectivity index (χ1) is 20.5. The molecule has 0 fully saturated rings. The molecule has 0 aliphatic heterocycles. The van der Waals surface area contributed by atoms with Gasteiger partial charge in [0.2, 0.25) is 5.89 Å². The summed E-state index contributed by atoms with van der Waals surface area (Å²) in [6, 6.07) is 20.6. The molecule has 5 aromatic rings. The number of alkyl halides is 3. The van der Waals surface area contributed by atoms with Crippen LogP contribution in [0.25, 0.3) is 22.3 Å². The molecule has 1 atom stereocenters. The van der Waals surface area contributed by atoms with E-state index in [0.717, 1.165) is 28.8 Å². The summed E-state index contributed by atoms with van der Waals surface area (Å²) in [5.41, 5.74) is 2.83. The number of hydrogen-bond acceptors (Lipinski definition) is 5. The van der Waals surface area contributed by atoms with Crippen LogP contribution in [0.4, 0.5) is 17.6 Å². The van der Waals surface area contributed by atoms with Crippen molar-refractivity contribution in [2.24, 2.45) is 0 Å². The molecular weight excluding hydrogens is 586 g/mol. The zero-order chi connectivity index (χ0) is 30.7. The first-order valence-electron chi connectivity index (χ1n) is 13.0. The maximum absolute atomic E-state index is 13.6. The van der Waals surface area contributed by atoms with Crippen molar-refractivity contribution in [3.8, 4) is 28.0 Å². The number of nitrogens with one attached hydrogen (secondary N) is 1. The topological polar surface area (TPSA) is 77.2 Å². The van der Waals surface area contributed by atoms with Gasteiger partial charge in [-0.3, -0.25) is 4.79 Å². The van der Waals surface area contributed by atoms with E-state index in [4.69, 9.17) is 20.9 Å². The zero-order valence-electron chi connectivity index (χ0n) is 22.9. The molecule has 11 heteroatoms. The Bertz CT molecular complexity index is 1750. The summed E-state index contributed by atoms with van der Waals surface area (Å²) in [4.78, 5) is 17.9. The lowest BCUT2D eigenvalue weighted by Crippen LogP contribution is -2.30. The van der Waals surface area contributed by atoms with Crippen LogP contribution in [0.15, 0.2) is 89.5 Å². The van der Waals surface area contributed by atoms with Crippen molar-refractivity contribution in [3.63, 3.8) is 0 Å². The molecule has 220 valence electrons. The highest BCUT2D eigenvalue weighted by Crippen LogP contribution is 2.33. The fraction of sp³-hybridized carbons (Fsp3) is 0.156. The van der Waals surface area contributed by atoms with Crippen LogP contribution in [-0.2, 0) is 12.6 Å². The van der Waals surface area contributed by atoms with Crippen LogP contribution in [0.5, 0.6) is 5.75 Å². The smallest absolute Gasteiger partial charge is 0.416 e. The molecule has 1 N–H and O–H groups in total. The summed E-state index contributed by atoms with van der Waals surface area (Å²) in [6.07, 6.45) is -4.17. The molecule has 43 heavy (non-hydrogen) atoms. The first-order valence-corrected chi connectivity index (χ1v) is 13.4. The highest BCUT2D eigenvalue weighted by atomic mass is 35.5. The van der Waals surface area contributed by atoms with Gasteiger partial charge < -0.3 is 14.6 Å². The number of carbonyl (C=O) groups excluding carboxylic acids is 1. The maximum Gasteiger partial charge on any atom is 0.416 e. The Morgan fingerprint density at radius 2 is 1.53 bits per heavy atom. The Hall–Kier alpha value is -4.70. The second-order valence-electron chi connectivity index (χ2n) is 9.73. The summed E-state index contributed by atoms with van der Waals surface area (Å²) in [6.45, 7) is 1.66. The number of amides is 1. The van der Waals surface area contributed by atoms with Crippen LogP contribution in [0.1, 0.15) is 39.2 Å². The summed E-state index contributed by atoms with van der Waals surface area (Å²) in [5, 5.41) is 6.81. The number of hydrogen-bond donors (Lipinski definition) is 1. The molecular formula is C32H24ClF4N3O3. The van der Waals surface area contributed by atoms with Gasteiger partial charge in [0, 0.05) is 6.42 Å². The Morgan fingerprint density at radius 1 is 0.930 bits per heavy atom. The van der Waals surface area contributed by atoms with Crippen LogP contribution >= 0.6 is 11.6 Å². The van der Waals surface area contributed by atoms with Gasteiger partial charge in [-0.2, -0.15) is 18.2 Å². The minimum absolute atomic E-state index is 0.0222. The monoisotopic (exact) mass is 609 g/mol. The van der Waals surface area contributed by atoms with Crippen LogP contribution in [-0.4, -0.2) is 23.2 Å². The van der Waals surface area contributed by atoms with E-state index in [9.17, 15) is 22.4 Å². The van der Waals surface area contributed by atoms with Crippen molar-refractivity contribution in [2.45, 2.75) is 25.6 Å². The van der Waals surface area contributed by atoms with E-state index in [1.807, 2.05) is 24.3 Å². The van der Waals surface area contributed by atoms with Gasteiger partial charge in [0.25, 0.3) is 5.91 Å². The number of nitrogens with zero attached hydrogens (tertiary/aromatic N) is 2. The second-order valence-corrected chi connectivity index (χ2v) is 10.1. The van der Waals surface area contributed by atoms with E-state index >= 15 is 0 Å². The van der Waals surface area contributed by atoms with E-state index < -0.39 is 29.5 Å². The van der Waals surface area contributed by atoms with Gasteiger partial charge in [0.1, 0.15) is 17.6 Å². The van der Waals surface area contributed by atoms with E-state index in [2.05, 4.69) is 15.5 Å². The Kier molecular flexibility index (Phi) is 8.50. The molecule has 1 unspecified atom stereocenters. The molecule has 1 aromatic heterocycles. The molecule has 1 amide bonds. The van der Waals surface area contributed by atoms with Gasteiger partial charge in [-0.1, -0.05) is 65.3 Å². The van der Waals surface area contributed by atoms with Crippen LogP contribution < -0.4 is 10.1 Å². The Morgan fingerprint density at radius 3 is 2.12 bits per heavy atom. The predicted octanol–water partition coefficient (Wildman–Crippen LogP) is 8.25. The summed E-state index contributed by atoms with van der Waals surface area (Å²) in [7, 11) is 1.42. The number of ether oxygens (including phenoxy) is 1. The molecule has 0 bridgehead atoms. The lowest BCUT2D eigenvalue weighted by molar-refractivity contribution is -0.137. The van der Waals surface area contributed by atoms with E-state index in [-0.39, 0.29) is 22.2 Å². The van der Waals surface area contributed by atoms with E-state index in [0.29, 0.717) is 23.4 Å². The third-order valence-electron chi connectivity index (χ3n) is 6.78. The van der Waals surface area contributed by atoms with Gasteiger partial charge in [-0.05, 0) is 71.1 Å². The number of aryl methyl sites for hydroxylation is 1. The van der Waals surface area contributed by atoms with Gasteiger partial charge in [-0.25, -0.2) is 4.39 Å². The lowest BCUT2D eigenvalue weighted by Gasteiger charge is -2.17. The standard InChI is InChI=1S/C32H24ClF4N3O3/c1-18-38-31(43-40-18)28(15-19-3-5-20(6-4-19)23-9-13-27(34)26(33)17-23)39-30(41)25-16-22(10-14-29(25)42-2)21-7-11-24(12-8-21)32(35,36)37/h3-14,16-17,28H,15H2,1-2H3,(H,39,41). The Labute approximate surface area is 249 Å². The zero-order valence-corrected chi connectivity index (χ0v) is 23.6. The summed E-state index contributed by atoms with van der Waals surface area (Å²) < 4.78 is 63.5. The van der Waals surface area contributed by atoms with Crippen LogP contribution in [0.3, 0.4) is 0 Å².